The molecule has 1 aromatic carbocycles. The van der Waals surface area contributed by atoms with Crippen LogP contribution >= 0.6 is 15.9 Å². The maximum Gasteiger partial charge on any atom is 0.140 e. The number of nitrogens with zero attached hydrogens (tertiary/aromatic N) is 3. The summed E-state index contributed by atoms with van der Waals surface area (Å²) in [7, 11) is -1.12. The molecule has 0 saturated heterocycles. The van der Waals surface area contributed by atoms with E-state index in [0.29, 0.717) is 25.1 Å². The van der Waals surface area contributed by atoms with Crippen LogP contribution in [0.15, 0.2) is 34.9 Å². The molecular formula is C20H24BrF2N3OSi. The third-order valence-electron chi connectivity index (χ3n) is 4.44. The molecule has 0 N–H and O–H groups in total. The monoisotopic (exact) mass is 467 g/mol. The van der Waals surface area contributed by atoms with Gasteiger partial charge in [0, 0.05) is 25.2 Å². The molecule has 0 aliphatic heterocycles. The maximum atomic E-state index is 13.4. The van der Waals surface area contributed by atoms with Crippen LogP contribution in [0.25, 0.3) is 11.0 Å². The second-order valence-corrected chi connectivity index (χ2v) is 14.6. The molecule has 3 aromatic rings. The lowest BCUT2D eigenvalue weighted by Crippen LogP contribution is -2.22. The van der Waals surface area contributed by atoms with E-state index in [1.807, 2.05) is 6.07 Å². The molecule has 8 heteroatoms. The molecular weight excluding hydrogens is 444 g/mol. The Labute approximate surface area is 173 Å². The van der Waals surface area contributed by atoms with Crippen LogP contribution in [-0.4, -0.2) is 29.4 Å². The molecule has 0 saturated carbocycles. The van der Waals surface area contributed by atoms with Crippen LogP contribution in [0, 0.1) is 11.6 Å². The van der Waals surface area contributed by atoms with Gasteiger partial charge in [-0.3, -0.25) is 0 Å². The van der Waals surface area contributed by atoms with Crippen molar-refractivity contribution < 1.29 is 13.5 Å². The van der Waals surface area contributed by atoms with Gasteiger partial charge in [0.25, 0.3) is 0 Å². The smallest absolute Gasteiger partial charge is 0.140 e. The number of pyridine rings is 1. The molecule has 3 rings (SSSR count). The quantitative estimate of drug-likeness (QED) is 0.321. The van der Waals surface area contributed by atoms with E-state index in [1.165, 1.54) is 12.1 Å². The molecule has 0 amide bonds. The molecule has 0 bridgehead atoms. The Balaban J connectivity index is 1.68. The van der Waals surface area contributed by atoms with Crippen molar-refractivity contribution >= 4 is 35.0 Å². The zero-order valence-electron chi connectivity index (χ0n) is 16.3. The van der Waals surface area contributed by atoms with Crippen LogP contribution in [0.1, 0.15) is 11.3 Å². The summed E-state index contributed by atoms with van der Waals surface area (Å²) >= 11 is 3.56. The lowest BCUT2D eigenvalue weighted by atomic mass is 10.1. The normalized spacial score (nSPS) is 12.1. The highest BCUT2D eigenvalue weighted by Crippen LogP contribution is 2.23. The van der Waals surface area contributed by atoms with Crippen molar-refractivity contribution in [2.24, 2.45) is 0 Å². The molecule has 4 nitrogen and oxygen atoms in total. The summed E-state index contributed by atoms with van der Waals surface area (Å²) < 4.78 is 35.1. The Hall–Kier alpha value is -1.64. The summed E-state index contributed by atoms with van der Waals surface area (Å²) in [6.07, 6.45) is 2.78. The minimum atomic E-state index is -1.12. The van der Waals surface area contributed by atoms with Crippen LogP contribution in [0.4, 0.5) is 8.78 Å². The van der Waals surface area contributed by atoms with Crippen LogP contribution in [-0.2, 0) is 24.3 Å². The fourth-order valence-corrected chi connectivity index (χ4v) is 4.11. The van der Waals surface area contributed by atoms with Crippen LogP contribution in [0.2, 0.25) is 25.7 Å². The van der Waals surface area contributed by atoms with E-state index in [-0.39, 0.29) is 0 Å². The lowest BCUT2D eigenvalue weighted by Gasteiger charge is -2.15. The number of halogens is 3. The van der Waals surface area contributed by atoms with Crippen molar-refractivity contribution in [2.75, 3.05) is 6.61 Å². The SMILES string of the molecule is C[Si](C)(C)CCOCn1ncc2nc(CCc3cc(F)cc(F)c3)c(Br)cc21. The van der Waals surface area contributed by atoms with Gasteiger partial charge in [-0.25, -0.2) is 18.4 Å². The molecule has 0 unspecified atom stereocenters. The van der Waals surface area contributed by atoms with Crippen LogP contribution in [0.3, 0.4) is 0 Å². The van der Waals surface area contributed by atoms with Crippen molar-refractivity contribution in [1.82, 2.24) is 14.8 Å². The Morgan fingerprint density at radius 1 is 1.07 bits per heavy atom. The average molecular weight is 468 g/mol. The van der Waals surface area contributed by atoms with Gasteiger partial charge in [0.15, 0.2) is 0 Å². The summed E-state index contributed by atoms with van der Waals surface area (Å²) in [5.41, 5.74) is 3.10. The highest BCUT2D eigenvalue weighted by Gasteiger charge is 2.13. The summed E-state index contributed by atoms with van der Waals surface area (Å²) in [6.45, 7) is 8.08. The summed E-state index contributed by atoms with van der Waals surface area (Å²) in [6, 6.07) is 6.66. The molecule has 2 aromatic heterocycles. The topological polar surface area (TPSA) is 39.9 Å². The molecule has 2 heterocycles. The third kappa shape index (κ3) is 5.68. The molecule has 0 aliphatic rings. The van der Waals surface area contributed by atoms with Gasteiger partial charge < -0.3 is 4.74 Å². The second-order valence-electron chi connectivity index (χ2n) is 8.09. The minimum Gasteiger partial charge on any atom is -0.360 e. The number of hydrogen-bond donors (Lipinski definition) is 0. The molecule has 0 atom stereocenters. The highest BCUT2D eigenvalue weighted by molar-refractivity contribution is 9.10. The Morgan fingerprint density at radius 3 is 2.46 bits per heavy atom. The van der Waals surface area contributed by atoms with E-state index < -0.39 is 19.7 Å². The van der Waals surface area contributed by atoms with Crippen molar-refractivity contribution in [2.45, 2.75) is 45.3 Å². The van der Waals surface area contributed by atoms with Gasteiger partial charge in [-0.2, -0.15) is 5.10 Å². The fraction of sp³-hybridized carbons (Fsp3) is 0.400. The fourth-order valence-electron chi connectivity index (χ4n) is 2.85. The lowest BCUT2D eigenvalue weighted by molar-refractivity contribution is 0.0817. The highest BCUT2D eigenvalue weighted by atomic mass is 79.9. The number of aryl methyl sites for hydroxylation is 2. The predicted octanol–water partition coefficient (Wildman–Crippen LogP) is 5.57. The first-order valence-electron chi connectivity index (χ1n) is 9.25. The molecule has 0 radical (unpaired) electrons. The molecule has 0 aliphatic carbocycles. The van der Waals surface area contributed by atoms with E-state index in [0.717, 1.165) is 39.9 Å². The number of rotatable bonds is 8. The minimum absolute atomic E-state index is 0.393. The van der Waals surface area contributed by atoms with Gasteiger partial charge in [-0.1, -0.05) is 19.6 Å². The number of aromatic nitrogens is 3. The summed E-state index contributed by atoms with van der Waals surface area (Å²) in [5.74, 6) is -1.12. The zero-order chi connectivity index (χ0) is 20.3. The van der Waals surface area contributed by atoms with Gasteiger partial charge in [0.05, 0.1) is 17.4 Å². The average Bonchev–Trinajstić information content (AvgIpc) is 2.97. The van der Waals surface area contributed by atoms with Crippen LogP contribution in [0.5, 0.6) is 0 Å². The van der Waals surface area contributed by atoms with Gasteiger partial charge in [-0.05, 0) is 58.6 Å². The first-order valence-corrected chi connectivity index (χ1v) is 13.7. The number of ether oxygens (including phenoxy) is 1. The first kappa shape index (κ1) is 21.1. The van der Waals surface area contributed by atoms with Crippen molar-refractivity contribution in [1.29, 1.82) is 0 Å². The van der Waals surface area contributed by atoms with E-state index >= 15 is 0 Å². The van der Waals surface area contributed by atoms with E-state index in [2.05, 4.69) is 45.7 Å². The Morgan fingerprint density at radius 2 is 1.79 bits per heavy atom. The van der Waals surface area contributed by atoms with Crippen molar-refractivity contribution in [3.8, 4) is 0 Å². The predicted molar refractivity (Wildman–Crippen MR) is 113 cm³/mol. The van der Waals surface area contributed by atoms with Gasteiger partial charge in [0.1, 0.15) is 23.9 Å². The molecule has 28 heavy (non-hydrogen) atoms. The van der Waals surface area contributed by atoms with Gasteiger partial charge in [-0.15, -0.1) is 0 Å². The first-order chi connectivity index (χ1) is 13.2. The van der Waals surface area contributed by atoms with E-state index in [9.17, 15) is 8.78 Å². The van der Waals surface area contributed by atoms with Crippen molar-refractivity contribution in [3.05, 3.63) is 57.8 Å². The number of fused-ring (bicyclic) bond motifs is 1. The van der Waals surface area contributed by atoms with Crippen molar-refractivity contribution in [3.63, 3.8) is 0 Å². The molecule has 150 valence electrons. The largest absolute Gasteiger partial charge is 0.360 e. The van der Waals surface area contributed by atoms with Gasteiger partial charge in [0.2, 0.25) is 0 Å². The second kappa shape index (κ2) is 8.80. The van der Waals surface area contributed by atoms with E-state index in [4.69, 9.17) is 4.74 Å². The standard InChI is InChI=1S/C20H24BrF2N3OSi/c1-28(2,3)7-6-27-13-26-20-11-17(21)18(25-19(20)12-24-26)5-4-14-8-15(22)10-16(23)9-14/h8-12H,4-7,13H2,1-3H3. The number of benzene rings is 1. The third-order valence-corrected chi connectivity index (χ3v) is 6.83. The molecule has 0 fully saturated rings. The van der Waals surface area contributed by atoms with Crippen LogP contribution < -0.4 is 0 Å². The summed E-state index contributed by atoms with van der Waals surface area (Å²) in [4.78, 5) is 4.66. The zero-order valence-corrected chi connectivity index (χ0v) is 18.9. The molecule has 0 spiro atoms. The van der Waals surface area contributed by atoms with E-state index in [1.54, 1.807) is 10.9 Å². The Bertz CT molecular complexity index is 952. The van der Waals surface area contributed by atoms with Gasteiger partial charge >= 0.3 is 0 Å². The maximum absolute atomic E-state index is 13.4. The Kier molecular flexibility index (Phi) is 6.62. The number of hydrogen-bond acceptors (Lipinski definition) is 3. The summed E-state index contributed by atoms with van der Waals surface area (Å²) in [5, 5.41) is 4.37.